The number of carbonyl (C=O) groups is 3. The van der Waals surface area contributed by atoms with Crippen molar-refractivity contribution in [1.29, 1.82) is 0 Å². The van der Waals surface area contributed by atoms with Crippen LogP contribution in [0.5, 0.6) is 17.2 Å². The summed E-state index contributed by atoms with van der Waals surface area (Å²) in [7, 11) is 1.53. The molecule has 0 aliphatic rings. The molecular formula is C30H34N2O6. The fraction of sp³-hybridized carbons (Fsp3) is 0.300. The number of ether oxygens (including phenoxy) is 3. The molecule has 0 saturated carbocycles. The maximum absolute atomic E-state index is 12.3. The zero-order valence-corrected chi connectivity index (χ0v) is 22.2. The molecule has 0 bridgehead atoms. The lowest BCUT2D eigenvalue weighted by atomic mass is 10.0. The molecule has 3 rings (SSSR count). The molecule has 0 saturated heterocycles. The van der Waals surface area contributed by atoms with Crippen molar-refractivity contribution in [2.75, 3.05) is 24.4 Å². The van der Waals surface area contributed by atoms with E-state index < -0.39 is 18.5 Å². The highest BCUT2D eigenvalue weighted by molar-refractivity contribution is 5.93. The smallest absolute Gasteiger partial charge is 0.306 e. The van der Waals surface area contributed by atoms with Gasteiger partial charge >= 0.3 is 5.97 Å². The van der Waals surface area contributed by atoms with Gasteiger partial charge in [-0.05, 0) is 72.9 Å². The maximum Gasteiger partial charge on any atom is 0.306 e. The summed E-state index contributed by atoms with van der Waals surface area (Å²) in [5.74, 6) is 1.21. The van der Waals surface area contributed by atoms with E-state index in [1.807, 2.05) is 13.0 Å². The predicted molar refractivity (Wildman–Crippen MR) is 147 cm³/mol. The number of esters is 1. The highest BCUT2D eigenvalue weighted by atomic mass is 16.5. The highest BCUT2D eigenvalue weighted by Gasteiger charge is 2.12. The number of rotatable bonds is 12. The number of benzene rings is 3. The summed E-state index contributed by atoms with van der Waals surface area (Å²) in [5, 5.41) is 5.44. The van der Waals surface area contributed by atoms with Crippen LogP contribution in [0, 0.1) is 6.92 Å². The summed E-state index contributed by atoms with van der Waals surface area (Å²) in [4.78, 5) is 36.2. The maximum atomic E-state index is 12.3. The quantitative estimate of drug-likeness (QED) is 0.276. The number of hydrogen-bond acceptors (Lipinski definition) is 6. The monoisotopic (exact) mass is 518 g/mol. The number of anilines is 2. The average molecular weight is 519 g/mol. The van der Waals surface area contributed by atoms with Gasteiger partial charge in [-0.15, -0.1) is 0 Å². The summed E-state index contributed by atoms with van der Waals surface area (Å²) < 4.78 is 16.2. The van der Waals surface area contributed by atoms with Gasteiger partial charge in [0.05, 0.1) is 7.11 Å². The molecule has 0 aromatic heterocycles. The molecule has 0 aliphatic heterocycles. The highest BCUT2D eigenvalue weighted by Crippen LogP contribution is 2.32. The Morgan fingerprint density at radius 1 is 0.816 bits per heavy atom. The van der Waals surface area contributed by atoms with Gasteiger partial charge in [-0.1, -0.05) is 32.0 Å². The van der Waals surface area contributed by atoms with Crippen molar-refractivity contribution in [3.63, 3.8) is 0 Å². The van der Waals surface area contributed by atoms with E-state index in [1.54, 1.807) is 48.5 Å². The largest absolute Gasteiger partial charge is 0.497 e. The molecule has 0 unspecified atom stereocenters. The number of amides is 2. The first-order chi connectivity index (χ1) is 18.2. The molecule has 8 nitrogen and oxygen atoms in total. The SMILES string of the molecule is COc1cccc(NC(=O)COC(=O)CCCC(=O)Nc2ccc(Oc3cc(C)ccc3C(C)C)cc2)c1. The molecular weight excluding hydrogens is 484 g/mol. The molecule has 0 heterocycles. The van der Waals surface area contributed by atoms with Crippen molar-refractivity contribution in [3.05, 3.63) is 77.9 Å². The number of hydrogen-bond donors (Lipinski definition) is 2. The topological polar surface area (TPSA) is 103 Å². The Balaban J connectivity index is 1.37. The fourth-order valence-electron chi connectivity index (χ4n) is 3.67. The van der Waals surface area contributed by atoms with E-state index in [0.717, 1.165) is 16.9 Å². The van der Waals surface area contributed by atoms with E-state index in [-0.39, 0.29) is 18.7 Å². The summed E-state index contributed by atoms with van der Waals surface area (Å²) in [6.45, 7) is 5.86. The Hall–Kier alpha value is -4.33. The molecule has 3 aromatic carbocycles. The van der Waals surface area contributed by atoms with Gasteiger partial charge in [0.25, 0.3) is 5.91 Å². The van der Waals surface area contributed by atoms with Gasteiger partial charge in [-0.3, -0.25) is 14.4 Å². The number of methoxy groups -OCH3 is 1. The van der Waals surface area contributed by atoms with Crippen LogP contribution in [0.2, 0.25) is 0 Å². The Morgan fingerprint density at radius 3 is 2.26 bits per heavy atom. The van der Waals surface area contributed by atoms with Crippen LogP contribution < -0.4 is 20.1 Å². The number of carbonyl (C=O) groups excluding carboxylic acids is 3. The van der Waals surface area contributed by atoms with Crippen molar-refractivity contribution >= 4 is 29.2 Å². The van der Waals surface area contributed by atoms with Crippen LogP contribution in [0.25, 0.3) is 0 Å². The number of aryl methyl sites for hydroxylation is 1. The third-order valence-electron chi connectivity index (χ3n) is 5.66. The number of nitrogens with one attached hydrogen (secondary N) is 2. The van der Waals surface area contributed by atoms with Gasteiger partial charge < -0.3 is 24.8 Å². The first-order valence-corrected chi connectivity index (χ1v) is 12.5. The molecule has 0 atom stereocenters. The van der Waals surface area contributed by atoms with Crippen LogP contribution in [0.1, 0.15) is 50.2 Å². The van der Waals surface area contributed by atoms with Crippen molar-refractivity contribution < 1.29 is 28.6 Å². The molecule has 0 fully saturated rings. The van der Waals surface area contributed by atoms with E-state index in [0.29, 0.717) is 35.2 Å². The van der Waals surface area contributed by atoms with Gasteiger partial charge in [0.1, 0.15) is 17.2 Å². The van der Waals surface area contributed by atoms with Crippen LogP contribution in [0.3, 0.4) is 0 Å². The lowest BCUT2D eigenvalue weighted by Crippen LogP contribution is -2.21. The minimum Gasteiger partial charge on any atom is -0.497 e. The molecule has 3 aromatic rings. The molecule has 0 spiro atoms. The summed E-state index contributed by atoms with van der Waals surface area (Å²) >= 11 is 0. The lowest BCUT2D eigenvalue weighted by Gasteiger charge is -2.15. The zero-order valence-electron chi connectivity index (χ0n) is 22.2. The minimum absolute atomic E-state index is 0.0291. The van der Waals surface area contributed by atoms with Gasteiger partial charge in [-0.2, -0.15) is 0 Å². The zero-order chi connectivity index (χ0) is 27.5. The standard InChI is InChI=1S/C30H34N2O6/c1-20(2)26-16-11-21(3)17-27(26)38-24-14-12-22(13-15-24)31-28(33)9-6-10-30(35)37-19-29(34)32-23-7-5-8-25(18-23)36-4/h5,7-8,11-18,20H,6,9-10,19H2,1-4H3,(H,31,33)(H,32,34). The van der Waals surface area contributed by atoms with Crippen LogP contribution in [0.15, 0.2) is 66.7 Å². The lowest BCUT2D eigenvalue weighted by molar-refractivity contribution is -0.147. The van der Waals surface area contributed by atoms with Crippen LogP contribution in [-0.2, 0) is 19.1 Å². The molecule has 2 amide bonds. The van der Waals surface area contributed by atoms with Gasteiger partial charge in [0.2, 0.25) is 5.91 Å². The van der Waals surface area contributed by atoms with Gasteiger partial charge in [0, 0.05) is 30.3 Å². The summed E-state index contributed by atoms with van der Waals surface area (Å²) in [5.41, 5.74) is 3.42. The van der Waals surface area contributed by atoms with Crippen molar-refractivity contribution in [3.8, 4) is 17.2 Å². The first-order valence-electron chi connectivity index (χ1n) is 12.5. The summed E-state index contributed by atoms with van der Waals surface area (Å²) in [6, 6.07) is 20.2. The van der Waals surface area contributed by atoms with Crippen LogP contribution in [-0.4, -0.2) is 31.5 Å². The second-order valence-corrected chi connectivity index (χ2v) is 9.16. The Labute approximate surface area is 223 Å². The van der Waals surface area contributed by atoms with E-state index in [9.17, 15) is 14.4 Å². The normalized spacial score (nSPS) is 10.6. The third-order valence-corrected chi connectivity index (χ3v) is 5.66. The second kappa shape index (κ2) is 13.8. The van der Waals surface area contributed by atoms with Gasteiger partial charge in [0.15, 0.2) is 6.61 Å². The average Bonchev–Trinajstić information content (AvgIpc) is 2.88. The van der Waals surface area contributed by atoms with Gasteiger partial charge in [-0.25, -0.2) is 0 Å². The summed E-state index contributed by atoms with van der Waals surface area (Å²) in [6.07, 6.45) is 0.473. The molecule has 200 valence electrons. The molecule has 0 aliphatic carbocycles. The fourth-order valence-corrected chi connectivity index (χ4v) is 3.67. The molecule has 0 radical (unpaired) electrons. The first kappa shape index (κ1) is 28.2. The predicted octanol–water partition coefficient (Wildman–Crippen LogP) is 6.21. The minimum atomic E-state index is -0.544. The van der Waals surface area contributed by atoms with E-state index in [2.05, 4.69) is 36.6 Å². The van der Waals surface area contributed by atoms with Crippen molar-refractivity contribution in [2.45, 2.75) is 46.0 Å². The third kappa shape index (κ3) is 8.96. The van der Waals surface area contributed by atoms with Crippen LogP contribution >= 0.6 is 0 Å². The van der Waals surface area contributed by atoms with E-state index >= 15 is 0 Å². The Morgan fingerprint density at radius 2 is 1.55 bits per heavy atom. The second-order valence-electron chi connectivity index (χ2n) is 9.16. The van der Waals surface area contributed by atoms with E-state index in [1.165, 1.54) is 7.11 Å². The van der Waals surface area contributed by atoms with E-state index in [4.69, 9.17) is 14.2 Å². The molecule has 38 heavy (non-hydrogen) atoms. The molecule has 8 heteroatoms. The molecule has 2 N–H and O–H groups in total. The van der Waals surface area contributed by atoms with Crippen LogP contribution in [0.4, 0.5) is 11.4 Å². The van der Waals surface area contributed by atoms with Crippen molar-refractivity contribution in [1.82, 2.24) is 0 Å². The Kier molecular flexibility index (Phi) is 10.3. The van der Waals surface area contributed by atoms with Crippen molar-refractivity contribution in [2.24, 2.45) is 0 Å². The Bertz CT molecular complexity index is 1250.